The summed E-state index contributed by atoms with van der Waals surface area (Å²) in [6, 6.07) is 16.4. The molecule has 0 aliphatic rings. The fourth-order valence-corrected chi connectivity index (χ4v) is 4.75. The second kappa shape index (κ2) is 9.46. The number of hydrogen-bond donors (Lipinski definition) is 2. The minimum atomic E-state index is -0.601. The second-order valence-electron chi connectivity index (χ2n) is 7.19. The molecule has 3 heterocycles. The van der Waals surface area contributed by atoms with E-state index in [0.717, 1.165) is 21.9 Å². The van der Waals surface area contributed by atoms with E-state index in [1.54, 1.807) is 36.6 Å². The number of benzene rings is 2. The number of thiophene rings is 1. The van der Waals surface area contributed by atoms with Crippen LogP contribution in [0.1, 0.15) is 10.4 Å². The second-order valence-corrected chi connectivity index (χ2v) is 8.99. The molecule has 0 atom stereocenters. The number of aromatic amines is 1. The standard InChI is InChI=1S/C24H18N4O4S2/c1-31-16-7-4-14(5-8-16)22-25-17-9-6-15(11-18(17)26-22)23(30)32-12-21(29)28-24-27-19(13-34-24)20-3-2-10-33-20/h2-11,13H,12H2,1H3,(H,25,26)(H,27,28,29). The summed E-state index contributed by atoms with van der Waals surface area (Å²) in [5.41, 5.74) is 3.41. The molecule has 0 aliphatic carbocycles. The first-order valence-corrected chi connectivity index (χ1v) is 12.0. The first-order chi connectivity index (χ1) is 16.6. The Hall–Kier alpha value is -4.02. The predicted octanol–water partition coefficient (Wildman–Crippen LogP) is 5.22. The summed E-state index contributed by atoms with van der Waals surface area (Å²) in [4.78, 5) is 37.9. The van der Waals surface area contributed by atoms with Crippen molar-refractivity contribution in [2.24, 2.45) is 0 Å². The lowest BCUT2D eigenvalue weighted by molar-refractivity contribution is -0.119. The van der Waals surface area contributed by atoms with Crippen LogP contribution in [0.5, 0.6) is 5.75 Å². The average molecular weight is 491 g/mol. The molecule has 2 N–H and O–H groups in total. The number of carbonyl (C=O) groups excluding carboxylic acids is 2. The van der Waals surface area contributed by atoms with Crippen LogP contribution in [0.2, 0.25) is 0 Å². The van der Waals surface area contributed by atoms with E-state index in [9.17, 15) is 9.59 Å². The molecule has 1 amide bonds. The van der Waals surface area contributed by atoms with E-state index in [0.29, 0.717) is 27.6 Å². The van der Waals surface area contributed by atoms with E-state index in [-0.39, 0.29) is 0 Å². The van der Waals surface area contributed by atoms with E-state index in [1.165, 1.54) is 11.3 Å². The number of thiazole rings is 1. The van der Waals surface area contributed by atoms with Crippen molar-refractivity contribution in [3.8, 4) is 27.7 Å². The molecule has 0 bridgehead atoms. The van der Waals surface area contributed by atoms with E-state index in [4.69, 9.17) is 9.47 Å². The van der Waals surface area contributed by atoms with E-state index in [1.807, 2.05) is 47.2 Å². The predicted molar refractivity (Wildman–Crippen MR) is 132 cm³/mol. The zero-order chi connectivity index (χ0) is 23.5. The minimum absolute atomic E-state index is 0.319. The Morgan fingerprint density at radius 2 is 1.91 bits per heavy atom. The Morgan fingerprint density at radius 1 is 1.06 bits per heavy atom. The molecule has 0 saturated carbocycles. The lowest BCUT2D eigenvalue weighted by Crippen LogP contribution is -2.20. The van der Waals surface area contributed by atoms with Crippen LogP contribution in [0.25, 0.3) is 33.0 Å². The summed E-state index contributed by atoms with van der Waals surface area (Å²) in [6.07, 6.45) is 0. The Bertz CT molecular complexity index is 1460. The third kappa shape index (κ3) is 4.68. The van der Waals surface area contributed by atoms with Crippen LogP contribution in [0.3, 0.4) is 0 Å². The van der Waals surface area contributed by atoms with Gasteiger partial charge in [-0.3, -0.25) is 10.1 Å². The quantitative estimate of drug-likeness (QED) is 0.303. The average Bonchev–Trinajstić information content (AvgIpc) is 3.62. The van der Waals surface area contributed by atoms with Crippen LogP contribution in [-0.4, -0.2) is 40.5 Å². The number of fused-ring (bicyclic) bond motifs is 1. The first-order valence-electron chi connectivity index (χ1n) is 10.2. The highest BCUT2D eigenvalue weighted by atomic mass is 32.1. The normalized spacial score (nSPS) is 10.9. The lowest BCUT2D eigenvalue weighted by atomic mass is 10.2. The van der Waals surface area contributed by atoms with Crippen LogP contribution >= 0.6 is 22.7 Å². The molecular formula is C24H18N4O4S2. The van der Waals surface area contributed by atoms with E-state index < -0.39 is 18.5 Å². The third-order valence-electron chi connectivity index (χ3n) is 4.94. The molecule has 0 fully saturated rings. The maximum atomic E-state index is 12.5. The molecule has 170 valence electrons. The lowest BCUT2D eigenvalue weighted by Gasteiger charge is -2.04. The van der Waals surface area contributed by atoms with Gasteiger partial charge in [0.15, 0.2) is 11.7 Å². The Balaban J connectivity index is 1.21. The number of carbonyl (C=O) groups is 2. The highest BCUT2D eigenvalue weighted by molar-refractivity contribution is 7.16. The van der Waals surface area contributed by atoms with E-state index >= 15 is 0 Å². The van der Waals surface area contributed by atoms with Crippen LogP contribution in [0.15, 0.2) is 65.4 Å². The van der Waals surface area contributed by atoms with Crippen molar-refractivity contribution < 1.29 is 19.1 Å². The zero-order valence-electron chi connectivity index (χ0n) is 17.9. The van der Waals surface area contributed by atoms with Crippen LogP contribution in [-0.2, 0) is 9.53 Å². The van der Waals surface area contributed by atoms with Crippen molar-refractivity contribution in [3.63, 3.8) is 0 Å². The number of esters is 1. The molecule has 0 aliphatic heterocycles. The van der Waals surface area contributed by atoms with Crippen molar-refractivity contribution >= 4 is 50.7 Å². The summed E-state index contributed by atoms with van der Waals surface area (Å²) in [5.74, 6) is 0.376. The van der Waals surface area contributed by atoms with Gasteiger partial charge in [-0.25, -0.2) is 14.8 Å². The topological polar surface area (TPSA) is 106 Å². The SMILES string of the molecule is COc1ccc(-c2nc3ccc(C(=O)OCC(=O)Nc4nc(-c5cccs5)cs4)cc3[nH]2)cc1. The maximum absolute atomic E-state index is 12.5. The zero-order valence-corrected chi connectivity index (χ0v) is 19.5. The first kappa shape index (κ1) is 21.8. The minimum Gasteiger partial charge on any atom is -0.497 e. The van der Waals surface area contributed by atoms with Gasteiger partial charge in [-0.05, 0) is 53.9 Å². The fraction of sp³-hybridized carbons (Fsp3) is 0.0833. The molecule has 2 aromatic carbocycles. The van der Waals surface area contributed by atoms with Crippen LogP contribution < -0.4 is 10.1 Å². The molecule has 3 aromatic heterocycles. The molecule has 5 aromatic rings. The van der Waals surface area contributed by atoms with Gasteiger partial charge in [0.25, 0.3) is 5.91 Å². The summed E-state index contributed by atoms with van der Waals surface area (Å²) in [5, 5.41) is 6.95. The highest BCUT2D eigenvalue weighted by Crippen LogP contribution is 2.28. The third-order valence-corrected chi connectivity index (χ3v) is 6.59. The number of methoxy groups -OCH3 is 1. The maximum Gasteiger partial charge on any atom is 0.338 e. The molecule has 0 saturated heterocycles. The number of ether oxygens (including phenoxy) is 2. The molecule has 10 heteroatoms. The molecule has 8 nitrogen and oxygen atoms in total. The number of nitrogens with one attached hydrogen (secondary N) is 2. The monoisotopic (exact) mass is 490 g/mol. The number of amides is 1. The van der Waals surface area contributed by atoms with Crippen molar-refractivity contribution in [3.05, 3.63) is 70.9 Å². The molecule has 0 radical (unpaired) electrons. The van der Waals surface area contributed by atoms with Crippen LogP contribution in [0, 0.1) is 0 Å². The van der Waals surface area contributed by atoms with Crippen molar-refractivity contribution in [1.29, 1.82) is 0 Å². The Morgan fingerprint density at radius 3 is 2.68 bits per heavy atom. The summed E-state index contributed by atoms with van der Waals surface area (Å²) >= 11 is 2.89. The molecule has 0 spiro atoms. The van der Waals surface area contributed by atoms with Gasteiger partial charge >= 0.3 is 5.97 Å². The number of anilines is 1. The van der Waals surface area contributed by atoms with Gasteiger partial charge in [0.2, 0.25) is 0 Å². The highest BCUT2D eigenvalue weighted by Gasteiger charge is 2.14. The van der Waals surface area contributed by atoms with Gasteiger partial charge in [-0.2, -0.15) is 0 Å². The largest absolute Gasteiger partial charge is 0.497 e. The fourth-order valence-electron chi connectivity index (χ4n) is 3.26. The Labute approximate surface area is 202 Å². The molecule has 5 rings (SSSR count). The summed E-state index contributed by atoms with van der Waals surface area (Å²) in [6.45, 7) is -0.412. The van der Waals surface area contributed by atoms with Crippen molar-refractivity contribution in [2.75, 3.05) is 19.0 Å². The molecule has 0 unspecified atom stereocenters. The van der Waals surface area contributed by atoms with Gasteiger partial charge in [-0.1, -0.05) is 6.07 Å². The van der Waals surface area contributed by atoms with E-state index in [2.05, 4.69) is 20.3 Å². The number of hydrogen-bond acceptors (Lipinski definition) is 8. The number of rotatable bonds is 7. The van der Waals surface area contributed by atoms with Crippen molar-refractivity contribution in [1.82, 2.24) is 15.0 Å². The van der Waals surface area contributed by atoms with Gasteiger partial charge in [-0.15, -0.1) is 22.7 Å². The Kier molecular flexibility index (Phi) is 6.07. The molecular weight excluding hydrogens is 472 g/mol. The smallest absolute Gasteiger partial charge is 0.338 e. The van der Waals surface area contributed by atoms with Gasteiger partial charge in [0, 0.05) is 10.9 Å². The number of aromatic nitrogens is 3. The van der Waals surface area contributed by atoms with Gasteiger partial charge in [0.05, 0.1) is 34.3 Å². The summed E-state index contributed by atoms with van der Waals surface area (Å²) in [7, 11) is 1.61. The molecule has 34 heavy (non-hydrogen) atoms. The number of imidazole rings is 1. The van der Waals surface area contributed by atoms with Crippen molar-refractivity contribution in [2.45, 2.75) is 0 Å². The number of nitrogens with zero attached hydrogens (tertiary/aromatic N) is 2. The van der Waals surface area contributed by atoms with Gasteiger partial charge in [0.1, 0.15) is 11.6 Å². The summed E-state index contributed by atoms with van der Waals surface area (Å²) < 4.78 is 10.4. The van der Waals surface area contributed by atoms with Gasteiger partial charge < -0.3 is 14.5 Å². The number of H-pyrrole nitrogens is 1. The van der Waals surface area contributed by atoms with Crippen LogP contribution in [0.4, 0.5) is 5.13 Å².